The van der Waals surface area contributed by atoms with Gasteiger partial charge in [-0.05, 0) is 25.2 Å². The Morgan fingerprint density at radius 3 is 3.12 bits per heavy atom. The highest BCUT2D eigenvalue weighted by molar-refractivity contribution is 5.67. The normalized spacial score (nSPS) is 19.6. The quantitative estimate of drug-likeness (QED) is 0.725. The average Bonchev–Trinajstić information content (AvgIpc) is 2.33. The van der Waals surface area contributed by atoms with Crippen LogP contribution >= 0.6 is 0 Å². The average molecular weight is 221 g/mol. The highest BCUT2D eigenvalue weighted by Gasteiger charge is 2.04. The van der Waals surface area contributed by atoms with Crippen molar-refractivity contribution in [3.8, 4) is 0 Å². The summed E-state index contributed by atoms with van der Waals surface area (Å²) in [6, 6.07) is 0. The molecule has 1 rings (SSSR count). The summed E-state index contributed by atoms with van der Waals surface area (Å²) in [5.74, 6) is 0.621. The Balaban J connectivity index is 2.09. The van der Waals surface area contributed by atoms with Crippen molar-refractivity contribution in [1.29, 1.82) is 0 Å². The molecule has 1 aliphatic carbocycles. The van der Waals surface area contributed by atoms with E-state index in [0.29, 0.717) is 12.5 Å². The third-order valence-electron chi connectivity index (χ3n) is 2.41. The zero-order valence-corrected chi connectivity index (χ0v) is 9.52. The van der Waals surface area contributed by atoms with E-state index in [9.17, 15) is 4.79 Å². The predicted molar refractivity (Wildman–Crippen MR) is 65.2 cm³/mol. The van der Waals surface area contributed by atoms with E-state index >= 15 is 0 Å². The van der Waals surface area contributed by atoms with Crippen molar-refractivity contribution in [3.63, 3.8) is 0 Å². The van der Waals surface area contributed by atoms with Crippen LogP contribution in [-0.4, -0.2) is 19.2 Å². The number of amides is 1. The van der Waals surface area contributed by atoms with E-state index in [0.717, 1.165) is 12.8 Å². The highest BCUT2D eigenvalue weighted by Crippen LogP contribution is 2.18. The monoisotopic (exact) mass is 221 g/mol. The molecule has 0 aliphatic heterocycles. The Morgan fingerprint density at radius 2 is 2.44 bits per heavy atom. The van der Waals surface area contributed by atoms with E-state index < -0.39 is 6.09 Å². The maximum absolute atomic E-state index is 11.0. The summed E-state index contributed by atoms with van der Waals surface area (Å²) < 4.78 is 4.77. The van der Waals surface area contributed by atoms with Crippen LogP contribution in [-0.2, 0) is 4.74 Å². The first-order chi connectivity index (χ1) is 7.83. The van der Waals surface area contributed by atoms with Gasteiger partial charge in [0.05, 0.1) is 0 Å². The Hall–Kier alpha value is -1.51. The molecule has 0 heterocycles. The maximum atomic E-state index is 11.0. The lowest BCUT2D eigenvalue weighted by molar-refractivity contribution is 0.159. The van der Waals surface area contributed by atoms with Crippen LogP contribution in [0.25, 0.3) is 0 Å². The van der Waals surface area contributed by atoms with Gasteiger partial charge in [-0.1, -0.05) is 37.0 Å². The fourth-order valence-corrected chi connectivity index (χ4v) is 1.58. The molecule has 0 fully saturated rings. The number of nitrogens with one attached hydrogen (secondary N) is 1. The van der Waals surface area contributed by atoms with E-state index in [1.54, 1.807) is 6.08 Å². The highest BCUT2D eigenvalue weighted by atomic mass is 16.5. The molecule has 0 aromatic carbocycles. The Labute approximate surface area is 96.9 Å². The molecule has 0 saturated carbocycles. The van der Waals surface area contributed by atoms with Gasteiger partial charge in [0, 0.05) is 6.54 Å². The molecule has 1 unspecified atom stereocenters. The van der Waals surface area contributed by atoms with Crippen molar-refractivity contribution in [2.24, 2.45) is 5.92 Å². The third-order valence-corrected chi connectivity index (χ3v) is 2.41. The first-order valence-corrected chi connectivity index (χ1v) is 5.66. The standard InChI is InChI=1S/C13H19NO2/c1-2-11-16-13(15)14-10-6-9-12-7-4-3-5-8-12/h2-4,6,9,12H,1,5,7-8,10-11H2,(H,14,15). The van der Waals surface area contributed by atoms with Gasteiger partial charge in [0.15, 0.2) is 0 Å². The summed E-state index contributed by atoms with van der Waals surface area (Å²) in [6.45, 7) is 4.24. The summed E-state index contributed by atoms with van der Waals surface area (Å²) in [4.78, 5) is 11.0. The van der Waals surface area contributed by atoms with E-state index in [4.69, 9.17) is 4.74 Å². The van der Waals surface area contributed by atoms with Gasteiger partial charge in [0.1, 0.15) is 6.61 Å². The molecule has 16 heavy (non-hydrogen) atoms. The first-order valence-electron chi connectivity index (χ1n) is 5.66. The van der Waals surface area contributed by atoms with Gasteiger partial charge in [-0.3, -0.25) is 0 Å². The molecule has 3 nitrogen and oxygen atoms in total. The number of hydrogen-bond acceptors (Lipinski definition) is 2. The number of carbonyl (C=O) groups excluding carboxylic acids is 1. The van der Waals surface area contributed by atoms with E-state index in [2.05, 4.69) is 30.1 Å². The van der Waals surface area contributed by atoms with Crippen molar-refractivity contribution in [1.82, 2.24) is 5.32 Å². The number of alkyl carbamates (subject to hydrolysis) is 1. The van der Waals surface area contributed by atoms with Crippen LogP contribution in [0, 0.1) is 5.92 Å². The Kier molecular flexibility index (Phi) is 6.07. The molecule has 1 aliphatic rings. The van der Waals surface area contributed by atoms with Gasteiger partial charge in [-0.15, -0.1) is 0 Å². The van der Waals surface area contributed by atoms with Gasteiger partial charge < -0.3 is 10.1 Å². The van der Waals surface area contributed by atoms with Crippen LogP contribution in [0.1, 0.15) is 19.3 Å². The minimum atomic E-state index is -0.395. The van der Waals surface area contributed by atoms with Crippen LogP contribution in [0.3, 0.4) is 0 Å². The molecular weight excluding hydrogens is 202 g/mol. The smallest absolute Gasteiger partial charge is 0.407 e. The molecule has 3 heteroatoms. The topological polar surface area (TPSA) is 38.3 Å². The molecular formula is C13H19NO2. The van der Waals surface area contributed by atoms with E-state index in [-0.39, 0.29) is 6.61 Å². The van der Waals surface area contributed by atoms with Gasteiger partial charge in [0.25, 0.3) is 0 Å². The molecule has 0 spiro atoms. The largest absolute Gasteiger partial charge is 0.445 e. The zero-order valence-electron chi connectivity index (χ0n) is 9.52. The molecule has 0 aromatic rings. The number of carbonyl (C=O) groups is 1. The summed E-state index contributed by atoms with van der Waals surface area (Å²) in [5.41, 5.74) is 0. The summed E-state index contributed by atoms with van der Waals surface area (Å²) in [6.07, 6.45) is 13.2. The fraction of sp³-hybridized carbons (Fsp3) is 0.462. The lowest BCUT2D eigenvalue weighted by atomic mass is 9.94. The third kappa shape index (κ3) is 5.39. The molecule has 0 bridgehead atoms. The lowest BCUT2D eigenvalue weighted by Crippen LogP contribution is -2.24. The van der Waals surface area contributed by atoms with Gasteiger partial charge in [0.2, 0.25) is 0 Å². The number of ether oxygens (including phenoxy) is 1. The second-order valence-electron chi connectivity index (χ2n) is 3.74. The molecule has 1 amide bonds. The lowest BCUT2D eigenvalue weighted by Gasteiger charge is -2.12. The SMILES string of the molecule is C=CCOC(=O)NCC=CC1CC=CCC1. The van der Waals surface area contributed by atoms with Gasteiger partial charge in [-0.25, -0.2) is 4.79 Å². The molecule has 0 radical (unpaired) electrons. The van der Waals surface area contributed by atoms with E-state index in [1.807, 2.05) is 6.08 Å². The van der Waals surface area contributed by atoms with Crippen LogP contribution < -0.4 is 5.32 Å². The zero-order chi connectivity index (χ0) is 11.6. The molecule has 0 aromatic heterocycles. The van der Waals surface area contributed by atoms with Crippen LogP contribution in [0.2, 0.25) is 0 Å². The minimum Gasteiger partial charge on any atom is -0.445 e. The Morgan fingerprint density at radius 1 is 1.56 bits per heavy atom. The van der Waals surface area contributed by atoms with Gasteiger partial charge >= 0.3 is 6.09 Å². The summed E-state index contributed by atoms with van der Waals surface area (Å²) in [7, 11) is 0. The number of allylic oxidation sites excluding steroid dienone is 3. The molecule has 88 valence electrons. The van der Waals surface area contributed by atoms with Crippen LogP contribution in [0.15, 0.2) is 37.0 Å². The Bertz CT molecular complexity index is 282. The molecule has 1 atom stereocenters. The van der Waals surface area contributed by atoms with Crippen molar-refractivity contribution < 1.29 is 9.53 Å². The second kappa shape index (κ2) is 7.74. The van der Waals surface area contributed by atoms with Crippen LogP contribution in [0.5, 0.6) is 0 Å². The van der Waals surface area contributed by atoms with Gasteiger partial charge in [-0.2, -0.15) is 0 Å². The maximum Gasteiger partial charge on any atom is 0.407 e. The van der Waals surface area contributed by atoms with Crippen molar-refractivity contribution in [2.45, 2.75) is 19.3 Å². The first kappa shape index (κ1) is 12.6. The van der Waals surface area contributed by atoms with E-state index in [1.165, 1.54) is 6.42 Å². The molecule has 0 saturated heterocycles. The van der Waals surface area contributed by atoms with Crippen molar-refractivity contribution in [3.05, 3.63) is 37.0 Å². The van der Waals surface area contributed by atoms with Crippen molar-refractivity contribution >= 4 is 6.09 Å². The summed E-state index contributed by atoms with van der Waals surface area (Å²) >= 11 is 0. The van der Waals surface area contributed by atoms with Crippen LogP contribution in [0.4, 0.5) is 4.79 Å². The number of rotatable bonds is 5. The van der Waals surface area contributed by atoms with Crippen molar-refractivity contribution in [2.75, 3.05) is 13.2 Å². The number of hydrogen-bond donors (Lipinski definition) is 1. The predicted octanol–water partition coefficient (Wildman–Crippen LogP) is 2.81. The fourth-order valence-electron chi connectivity index (χ4n) is 1.58. The molecule has 1 N–H and O–H groups in total. The summed E-state index contributed by atoms with van der Waals surface area (Å²) in [5, 5.41) is 2.64. The minimum absolute atomic E-state index is 0.253. The second-order valence-corrected chi connectivity index (χ2v) is 3.74.